The van der Waals surface area contributed by atoms with Crippen LogP contribution in [0, 0.1) is 0 Å². The third-order valence-electron chi connectivity index (χ3n) is 1.68. The molecule has 1 aromatic heterocycles. The number of hydrogen-bond donors (Lipinski definition) is 0. The van der Waals surface area contributed by atoms with Crippen LogP contribution in [0.4, 0.5) is 0 Å². The standard InChI is InChI=1S/C9H15N3O/c1-3-4-8-10-7-11-9(12-8)5-6-13-2/h7H,3-6H2,1-2H3. The molecule has 0 saturated carbocycles. The molecule has 0 aliphatic rings. The molecule has 0 atom stereocenters. The zero-order valence-electron chi connectivity index (χ0n) is 8.16. The summed E-state index contributed by atoms with van der Waals surface area (Å²) in [4.78, 5) is 12.4. The van der Waals surface area contributed by atoms with Gasteiger partial charge in [-0.25, -0.2) is 15.0 Å². The fourth-order valence-corrected chi connectivity index (χ4v) is 1.03. The van der Waals surface area contributed by atoms with E-state index in [0.717, 1.165) is 30.9 Å². The maximum Gasteiger partial charge on any atom is 0.134 e. The first kappa shape index (κ1) is 10.1. The van der Waals surface area contributed by atoms with Crippen molar-refractivity contribution in [2.45, 2.75) is 26.2 Å². The van der Waals surface area contributed by atoms with Gasteiger partial charge in [-0.2, -0.15) is 0 Å². The summed E-state index contributed by atoms with van der Waals surface area (Å²) in [6.07, 6.45) is 4.31. The smallest absolute Gasteiger partial charge is 0.134 e. The van der Waals surface area contributed by atoms with Crippen LogP contribution in [-0.4, -0.2) is 28.7 Å². The van der Waals surface area contributed by atoms with E-state index in [9.17, 15) is 0 Å². The second kappa shape index (κ2) is 5.59. The summed E-state index contributed by atoms with van der Waals surface area (Å²) in [6, 6.07) is 0. The first-order chi connectivity index (χ1) is 6.36. The Morgan fingerprint density at radius 1 is 1.23 bits per heavy atom. The summed E-state index contributed by atoms with van der Waals surface area (Å²) in [5, 5.41) is 0. The normalized spacial score (nSPS) is 10.3. The van der Waals surface area contributed by atoms with E-state index in [1.54, 1.807) is 13.4 Å². The number of methoxy groups -OCH3 is 1. The van der Waals surface area contributed by atoms with Crippen LogP contribution in [0.3, 0.4) is 0 Å². The Bertz CT molecular complexity index is 252. The highest BCUT2D eigenvalue weighted by atomic mass is 16.5. The number of ether oxygens (including phenoxy) is 1. The molecule has 0 spiro atoms. The molecule has 72 valence electrons. The van der Waals surface area contributed by atoms with Gasteiger partial charge in [0.05, 0.1) is 6.61 Å². The molecule has 0 aliphatic heterocycles. The Kier molecular flexibility index (Phi) is 4.32. The number of nitrogens with zero attached hydrogens (tertiary/aromatic N) is 3. The minimum absolute atomic E-state index is 0.662. The van der Waals surface area contributed by atoms with Gasteiger partial charge >= 0.3 is 0 Å². The Balaban J connectivity index is 2.56. The molecule has 0 amide bonds. The monoisotopic (exact) mass is 181 g/mol. The van der Waals surface area contributed by atoms with Crippen molar-refractivity contribution in [3.8, 4) is 0 Å². The number of aromatic nitrogens is 3. The average Bonchev–Trinajstić information content (AvgIpc) is 2.16. The summed E-state index contributed by atoms with van der Waals surface area (Å²) in [7, 11) is 1.67. The quantitative estimate of drug-likeness (QED) is 0.680. The van der Waals surface area contributed by atoms with Gasteiger partial charge in [0.25, 0.3) is 0 Å². The maximum absolute atomic E-state index is 4.95. The zero-order valence-corrected chi connectivity index (χ0v) is 8.16. The Morgan fingerprint density at radius 2 is 1.92 bits per heavy atom. The van der Waals surface area contributed by atoms with Gasteiger partial charge < -0.3 is 4.74 Å². The van der Waals surface area contributed by atoms with E-state index in [1.165, 1.54) is 0 Å². The lowest BCUT2D eigenvalue weighted by Crippen LogP contribution is -2.04. The number of aryl methyl sites for hydroxylation is 1. The highest BCUT2D eigenvalue weighted by Crippen LogP contribution is 1.96. The van der Waals surface area contributed by atoms with E-state index >= 15 is 0 Å². The summed E-state index contributed by atoms with van der Waals surface area (Å²) < 4.78 is 4.95. The van der Waals surface area contributed by atoms with Gasteiger partial charge in [0.1, 0.15) is 18.0 Å². The van der Waals surface area contributed by atoms with Gasteiger partial charge in [-0.15, -0.1) is 0 Å². The van der Waals surface area contributed by atoms with Crippen molar-refractivity contribution in [1.82, 2.24) is 15.0 Å². The highest BCUT2D eigenvalue weighted by molar-refractivity contribution is 4.90. The van der Waals surface area contributed by atoms with Crippen LogP contribution in [-0.2, 0) is 17.6 Å². The SMILES string of the molecule is CCCc1ncnc(CCOC)n1. The fourth-order valence-electron chi connectivity index (χ4n) is 1.03. The molecule has 13 heavy (non-hydrogen) atoms. The predicted molar refractivity (Wildman–Crippen MR) is 49.4 cm³/mol. The van der Waals surface area contributed by atoms with Gasteiger partial charge in [0.15, 0.2) is 0 Å². The van der Waals surface area contributed by atoms with Crippen molar-refractivity contribution >= 4 is 0 Å². The van der Waals surface area contributed by atoms with Crippen molar-refractivity contribution in [1.29, 1.82) is 0 Å². The second-order valence-corrected chi connectivity index (χ2v) is 2.81. The summed E-state index contributed by atoms with van der Waals surface area (Å²) in [5.41, 5.74) is 0. The first-order valence-corrected chi connectivity index (χ1v) is 4.52. The average molecular weight is 181 g/mol. The summed E-state index contributed by atoms with van der Waals surface area (Å²) >= 11 is 0. The molecule has 4 nitrogen and oxygen atoms in total. The van der Waals surface area contributed by atoms with Crippen LogP contribution in [0.25, 0.3) is 0 Å². The van der Waals surface area contributed by atoms with Gasteiger partial charge in [-0.3, -0.25) is 0 Å². The molecular weight excluding hydrogens is 166 g/mol. The van der Waals surface area contributed by atoms with Gasteiger partial charge in [-0.05, 0) is 6.42 Å². The summed E-state index contributed by atoms with van der Waals surface area (Å²) in [6.45, 7) is 2.77. The van der Waals surface area contributed by atoms with Crippen molar-refractivity contribution < 1.29 is 4.74 Å². The molecule has 1 heterocycles. The Hall–Kier alpha value is -1.03. The minimum atomic E-state index is 0.662. The lowest BCUT2D eigenvalue weighted by Gasteiger charge is -2.00. The van der Waals surface area contributed by atoms with E-state index in [-0.39, 0.29) is 0 Å². The molecule has 0 bridgehead atoms. The molecular formula is C9H15N3O. The fraction of sp³-hybridized carbons (Fsp3) is 0.667. The molecule has 0 aromatic carbocycles. The van der Waals surface area contributed by atoms with Crippen LogP contribution >= 0.6 is 0 Å². The van der Waals surface area contributed by atoms with E-state index in [4.69, 9.17) is 4.74 Å². The van der Waals surface area contributed by atoms with E-state index in [0.29, 0.717) is 6.61 Å². The molecule has 0 fully saturated rings. The lowest BCUT2D eigenvalue weighted by atomic mass is 10.3. The van der Waals surface area contributed by atoms with Gasteiger partial charge in [0.2, 0.25) is 0 Å². The van der Waals surface area contributed by atoms with Crippen molar-refractivity contribution in [3.63, 3.8) is 0 Å². The summed E-state index contributed by atoms with van der Waals surface area (Å²) in [5.74, 6) is 1.70. The number of hydrogen-bond acceptors (Lipinski definition) is 4. The Labute approximate surface area is 78.4 Å². The zero-order chi connectivity index (χ0) is 9.52. The van der Waals surface area contributed by atoms with E-state index in [1.807, 2.05) is 0 Å². The van der Waals surface area contributed by atoms with Crippen LogP contribution < -0.4 is 0 Å². The van der Waals surface area contributed by atoms with Gasteiger partial charge in [-0.1, -0.05) is 6.92 Å². The lowest BCUT2D eigenvalue weighted by molar-refractivity contribution is 0.200. The topological polar surface area (TPSA) is 47.9 Å². The molecule has 0 saturated heterocycles. The Morgan fingerprint density at radius 3 is 2.54 bits per heavy atom. The molecule has 0 N–H and O–H groups in total. The predicted octanol–water partition coefficient (Wildman–Crippen LogP) is 1.01. The second-order valence-electron chi connectivity index (χ2n) is 2.81. The van der Waals surface area contributed by atoms with Crippen LogP contribution in [0.2, 0.25) is 0 Å². The number of rotatable bonds is 5. The molecule has 4 heteroatoms. The van der Waals surface area contributed by atoms with E-state index < -0.39 is 0 Å². The molecule has 1 aromatic rings. The van der Waals surface area contributed by atoms with Crippen molar-refractivity contribution in [3.05, 3.63) is 18.0 Å². The first-order valence-electron chi connectivity index (χ1n) is 4.52. The van der Waals surface area contributed by atoms with Gasteiger partial charge in [0, 0.05) is 20.0 Å². The highest BCUT2D eigenvalue weighted by Gasteiger charge is 1.99. The third-order valence-corrected chi connectivity index (χ3v) is 1.68. The van der Waals surface area contributed by atoms with Crippen molar-refractivity contribution in [2.75, 3.05) is 13.7 Å². The van der Waals surface area contributed by atoms with Crippen LogP contribution in [0.15, 0.2) is 6.33 Å². The maximum atomic E-state index is 4.95. The van der Waals surface area contributed by atoms with Crippen LogP contribution in [0.1, 0.15) is 25.0 Å². The van der Waals surface area contributed by atoms with Crippen molar-refractivity contribution in [2.24, 2.45) is 0 Å². The largest absolute Gasteiger partial charge is 0.384 e. The molecule has 0 radical (unpaired) electrons. The molecule has 1 rings (SSSR count). The molecule has 0 aliphatic carbocycles. The van der Waals surface area contributed by atoms with Crippen LogP contribution in [0.5, 0.6) is 0 Å². The third kappa shape index (κ3) is 3.46. The van der Waals surface area contributed by atoms with E-state index in [2.05, 4.69) is 21.9 Å². The minimum Gasteiger partial charge on any atom is -0.384 e. The molecule has 0 unspecified atom stereocenters.